The predicted octanol–water partition coefficient (Wildman–Crippen LogP) is 7.53. The summed E-state index contributed by atoms with van der Waals surface area (Å²) in [4.78, 5) is 18.0. The van der Waals surface area contributed by atoms with Gasteiger partial charge in [-0.15, -0.1) is 11.8 Å². The van der Waals surface area contributed by atoms with Gasteiger partial charge in [-0.1, -0.05) is 62.1 Å². The van der Waals surface area contributed by atoms with Gasteiger partial charge in [0.2, 0.25) is 0 Å². The monoisotopic (exact) mass is 543 g/mol. The average molecular weight is 544 g/mol. The maximum Gasteiger partial charge on any atom is 0.417 e. The van der Waals surface area contributed by atoms with Crippen LogP contribution < -0.4 is 5.32 Å². The summed E-state index contributed by atoms with van der Waals surface area (Å²) in [6.45, 7) is 0.546. The molecule has 4 nitrogen and oxygen atoms in total. The summed E-state index contributed by atoms with van der Waals surface area (Å²) in [6, 6.07) is 15.1. The van der Waals surface area contributed by atoms with Crippen molar-refractivity contribution in [1.29, 1.82) is 0 Å². The molecule has 1 aliphatic carbocycles. The first-order valence-corrected chi connectivity index (χ1v) is 15.5. The van der Waals surface area contributed by atoms with Crippen molar-refractivity contribution in [3.8, 4) is 0 Å². The van der Waals surface area contributed by atoms with Crippen molar-refractivity contribution in [2.24, 2.45) is 0 Å². The molecule has 0 amide bonds. The Morgan fingerprint density at radius 3 is 2.36 bits per heavy atom. The molecule has 2 aromatic carbocycles. The van der Waals surface area contributed by atoms with E-state index in [2.05, 4.69) is 29.6 Å². The van der Waals surface area contributed by atoms with Crippen LogP contribution >= 0.6 is 19.4 Å². The van der Waals surface area contributed by atoms with Crippen LogP contribution in [0.5, 0.6) is 0 Å². The van der Waals surface area contributed by atoms with Crippen molar-refractivity contribution in [1.82, 2.24) is 5.32 Å². The molecule has 0 heterocycles. The van der Waals surface area contributed by atoms with Crippen LogP contribution in [0.2, 0.25) is 0 Å². The third kappa shape index (κ3) is 9.21. The van der Waals surface area contributed by atoms with E-state index in [1.165, 1.54) is 55.5 Å². The summed E-state index contributed by atoms with van der Waals surface area (Å²) < 4.78 is 52.1. The van der Waals surface area contributed by atoms with Crippen LogP contribution in [0.15, 0.2) is 53.4 Å². The van der Waals surface area contributed by atoms with E-state index in [0.717, 1.165) is 19.3 Å². The quantitative estimate of drug-likeness (QED) is 0.138. The number of alkyl halides is 3. The lowest BCUT2D eigenvalue weighted by molar-refractivity contribution is -0.139. The van der Waals surface area contributed by atoms with Gasteiger partial charge in [-0.25, -0.2) is 0 Å². The standard InChI is InChI=1S/C27H37F3NO3PS/c28-27(29,30)24-20-22(21-31-17-9-18-35(32,33)34)12-13-25(24)36-19-8-7-16-26(14-5-2-6-15-26)23-10-3-1-4-11-23/h1,3-4,10-13,20,31H,2,5-9,14-19,21H2,(H2,32,33,34). The summed E-state index contributed by atoms with van der Waals surface area (Å²) in [5.74, 6) is 0.647. The highest BCUT2D eigenvalue weighted by Gasteiger charge is 2.34. The predicted molar refractivity (Wildman–Crippen MR) is 140 cm³/mol. The van der Waals surface area contributed by atoms with Crippen LogP contribution in [-0.2, 0) is 22.7 Å². The van der Waals surface area contributed by atoms with E-state index >= 15 is 0 Å². The van der Waals surface area contributed by atoms with Crippen molar-refractivity contribution >= 4 is 19.4 Å². The van der Waals surface area contributed by atoms with Crippen LogP contribution in [0.4, 0.5) is 13.2 Å². The van der Waals surface area contributed by atoms with Gasteiger partial charge in [0.05, 0.1) is 11.7 Å². The molecule has 0 unspecified atom stereocenters. The number of nitrogens with one attached hydrogen (secondary N) is 1. The maximum absolute atomic E-state index is 13.7. The highest BCUT2D eigenvalue weighted by Crippen LogP contribution is 2.44. The van der Waals surface area contributed by atoms with Crippen molar-refractivity contribution in [2.75, 3.05) is 18.5 Å². The molecular formula is C27H37F3NO3PS. The molecule has 3 rings (SSSR count). The second kappa shape index (κ2) is 13.5. The first-order chi connectivity index (χ1) is 17.1. The molecule has 0 radical (unpaired) electrons. The number of halogens is 3. The minimum atomic E-state index is -4.43. The van der Waals surface area contributed by atoms with Crippen molar-refractivity contribution in [3.05, 3.63) is 65.2 Å². The van der Waals surface area contributed by atoms with E-state index in [9.17, 15) is 17.7 Å². The number of hydrogen-bond acceptors (Lipinski definition) is 3. The Hall–Kier alpha value is -1.31. The van der Waals surface area contributed by atoms with Crippen LogP contribution in [0, 0.1) is 0 Å². The fraction of sp³-hybridized carbons (Fsp3) is 0.556. The Morgan fingerprint density at radius 1 is 0.972 bits per heavy atom. The molecule has 200 valence electrons. The zero-order valence-electron chi connectivity index (χ0n) is 20.6. The van der Waals surface area contributed by atoms with Crippen LogP contribution in [-0.4, -0.2) is 28.2 Å². The second-order valence-electron chi connectivity index (χ2n) is 9.76. The minimum Gasteiger partial charge on any atom is -0.324 e. The highest BCUT2D eigenvalue weighted by molar-refractivity contribution is 7.99. The van der Waals surface area contributed by atoms with Gasteiger partial charge >= 0.3 is 13.8 Å². The molecular weight excluding hydrogens is 506 g/mol. The molecule has 0 aliphatic heterocycles. The summed E-state index contributed by atoms with van der Waals surface area (Å²) >= 11 is 1.27. The maximum atomic E-state index is 13.7. The van der Waals surface area contributed by atoms with E-state index in [4.69, 9.17) is 9.79 Å². The molecule has 1 aliphatic rings. The molecule has 2 aromatic rings. The third-order valence-electron chi connectivity index (χ3n) is 6.99. The van der Waals surface area contributed by atoms with Crippen molar-refractivity contribution in [2.45, 2.75) is 80.8 Å². The van der Waals surface area contributed by atoms with E-state index in [1.807, 2.05) is 6.07 Å². The molecule has 0 spiro atoms. The van der Waals surface area contributed by atoms with Crippen LogP contribution in [0.3, 0.4) is 0 Å². The van der Waals surface area contributed by atoms with Crippen LogP contribution in [0.25, 0.3) is 0 Å². The van der Waals surface area contributed by atoms with Gasteiger partial charge in [0.1, 0.15) is 0 Å². The fourth-order valence-corrected chi connectivity index (χ4v) is 6.76. The van der Waals surface area contributed by atoms with E-state index in [1.54, 1.807) is 12.1 Å². The Bertz CT molecular complexity index is 992. The normalized spacial score (nSPS) is 16.2. The van der Waals surface area contributed by atoms with Gasteiger partial charge in [-0.2, -0.15) is 13.2 Å². The molecule has 0 aromatic heterocycles. The molecule has 0 atom stereocenters. The first kappa shape index (κ1) is 29.2. The summed E-state index contributed by atoms with van der Waals surface area (Å²) in [6.07, 6.45) is 4.68. The summed E-state index contributed by atoms with van der Waals surface area (Å²) in [7, 11) is -4.05. The summed E-state index contributed by atoms with van der Waals surface area (Å²) in [5.41, 5.74) is 1.50. The van der Waals surface area contributed by atoms with Crippen molar-refractivity contribution in [3.63, 3.8) is 0 Å². The van der Waals surface area contributed by atoms with Gasteiger partial charge < -0.3 is 15.1 Å². The number of rotatable bonds is 13. The lowest BCUT2D eigenvalue weighted by atomic mass is 9.67. The number of benzene rings is 2. The molecule has 36 heavy (non-hydrogen) atoms. The molecule has 0 bridgehead atoms. The van der Waals surface area contributed by atoms with Gasteiger partial charge in [0, 0.05) is 11.4 Å². The minimum absolute atomic E-state index is 0.210. The van der Waals surface area contributed by atoms with Gasteiger partial charge in [-0.3, -0.25) is 4.57 Å². The van der Waals surface area contributed by atoms with E-state index in [0.29, 0.717) is 17.9 Å². The van der Waals surface area contributed by atoms with Crippen molar-refractivity contribution < 1.29 is 27.5 Å². The topological polar surface area (TPSA) is 69.6 Å². The van der Waals surface area contributed by atoms with Gasteiger partial charge in [0.15, 0.2) is 0 Å². The SMILES string of the molecule is O=P(O)(O)CCCNCc1ccc(SCCCCC2(c3ccccc3)CCCCC2)c(C(F)(F)F)c1. The van der Waals surface area contributed by atoms with Gasteiger partial charge in [-0.05, 0) is 73.1 Å². The molecule has 9 heteroatoms. The largest absolute Gasteiger partial charge is 0.417 e. The number of thioether (sulfide) groups is 1. The Labute approximate surface area is 216 Å². The molecule has 1 saturated carbocycles. The lowest BCUT2D eigenvalue weighted by Gasteiger charge is -2.38. The Balaban J connectivity index is 1.52. The Kier molecular flexibility index (Phi) is 10.9. The second-order valence-corrected chi connectivity index (χ2v) is 12.7. The highest BCUT2D eigenvalue weighted by atomic mass is 32.2. The Morgan fingerprint density at radius 2 is 1.69 bits per heavy atom. The lowest BCUT2D eigenvalue weighted by Crippen LogP contribution is -2.29. The molecule has 1 fully saturated rings. The zero-order valence-corrected chi connectivity index (χ0v) is 22.3. The molecule has 0 saturated heterocycles. The first-order valence-electron chi connectivity index (χ1n) is 12.7. The zero-order chi connectivity index (χ0) is 26.1. The van der Waals surface area contributed by atoms with E-state index in [-0.39, 0.29) is 29.4 Å². The molecule has 3 N–H and O–H groups in total. The van der Waals surface area contributed by atoms with E-state index < -0.39 is 19.3 Å². The summed E-state index contributed by atoms with van der Waals surface area (Å²) in [5, 5.41) is 2.96. The smallest absolute Gasteiger partial charge is 0.324 e. The van der Waals surface area contributed by atoms with Crippen LogP contribution in [0.1, 0.15) is 74.5 Å². The average Bonchev–Trinajstić information content (AvgIpc) is 2.84. The number of hydrogen-bond donors (Lipinski definition) is 3. The fourth-order valence-electron chi connectivity index (χ4n) is 5.13. The van der Waals surface area contributed by atoms with Gasteiger partial charge in [0.25, 0.3) is 0 Å². The third-order valence-corrected chi connectivity index (χ3v) is 9.04. The number of unbranched alkanes of at least 4 members (excludes halogenated alkanes) is 1.